The molecule has 21 heavy (non-hydrogen) atoms. The molecule has 0 amide bonds. The van der Waals surface area contributed by atoms with E-state index in [1.807, 2.05) is 26.0 Å². The van der Waals surface area contributed by atoms with Gasteiger partial charge in [0.1, 0.15) is 17.4 Å². The average Bonchev–Trinajstić information content (AvgIpc) is 2.41. The molecule has 0 aliphatic carbocycles. The van der Waals surface area contributed by atoms with Crippen LogP contribution >= 0.6 is 0 Å². The van der Waals surface area contributed by atoms with Gasteiger partial charge in [-0.05, 0) is 44.5 Å². The lowest BCUT2D eigenvalue weighted by molar-refractivity contribution is 0.0813. The number of benzene rings is 2. The first-order valence-corrected chi connectivity index (χ1v) is 6.61. The summed E-state index contributed by atoms with van der Waals surface area (Å²) in [5.41, 5.74) is 1.81. The maximum absolute atomic E-state index is 13.6. The van der Waals surface area contributed by atoms with Crippen LogP contribution in [0.4, 0.5) is 8.78 Å². The second-order valence-electron chi connectivity index (χ2n) is 5.02. The number of aryl methyl sites for hydroxylation is 2. The van der Waals surface area contributed by atoms with Crippen LogP contribution in [0.25, 0.3) is 0 Å². The summed E-state index contributed by atoms with van der Waals surface area (Å²) in [7, 11) is 0. The Kier molecular flexibility index (Phi) is 4.36. The zero-order valence-corrected chi connectivity index (χ0v) is 12.1. The molecule has 2 rings (SSSR count). The number of ketones is 1. The van der Waals surface area contributed by atoms with Crippen LogP contribution in [0.3, 0.4) is 0 Å². The number of rotatable bonds is 4. The van der Waals surface area contributed by atoms with Crippen molar-refractivity contribution in [2.24, 2.45) is 0 Å². The molecule has 0 spiro atoms. The van der Waals surface area contributed by atoms with Crippen molar-refractivity contribution >= 4 is 5.78 Å². The van der Waals surface area contributed by atoms with Gasteiger partial charge in [0.25, 0.3) is 0 Å². The lowest BCUT2D eigenvalue weighted by atomic mass is 10.1. The van der Waals surface area contributed by atoms with Crippen molar-refractivity contribution in [3.8, 4) is 5.75 Å². The van der Waals surface area contributed by atoms with Gasteiger partial charge in [0.2, 0.25) is 5.78 Å². The summed E-state index contributed by atoms with van der Waals surface area (Å²) in [4.78, 5) is 12.2. The Balaban J connectivity index is 2.19. The van der Waals surface area contributed by atoms with Crippen molar-refractivity contribution in [2.45, 2.75) is 26.9 Å². The van der Waals surface area contributed by atoms with E-state index in [0.717, 1.165) is 23.3 Å². The first-order chi connectivity index (χ1) is 9.88. The first kappa shape index (κ1) is 15.2. The minimum absolute atomic E-state index is 0.173. The van der Waals surface area contributed by atoms with E-state index in [1.165, 1.54) is 0 Å². The third-order valence-electron chi connectivity index (χ3n) is 3.20. The molecule has 0 aliphatic heterocycles. The van der Waals surface area contributed by atoms with Gasteiger partial charge in [0.05, 0.1) is 5.56 Å². The minimum Gasteiger partial charge on any atom is -0.482 e. The Bertz CT molecular complexity index is 680. The Morgan fingerprint density at radius 2 is 1.81 bits per heavy atom. The van der Waals surface area contributed by atoms with E-state index < -0.39 is 23.5 Å². The van der Waals surface area contributed by atoms with Gasteiger partial charge in [0, 0.05) is 6.07 Å². The maximum Gasteiger partial charge on any atom is 0.205 e. The largest absolute Gasteiger partial charge is 0.482 e. The van der Waals surface area contributed by atoms with Crippen LogP contribution in [-0.2, 0) is 0 Å². The Labute approximate surface area is 122 Å². The zero-order valence-electron chi connectivity index (χ0n) is 12.1. The third-order valence-corrected chi connectivity index (χ3v) is 3.20. The van der Waals surface area contributed by atoms with Crippen molar-refractivity contribution in [1.82, 2.24) is 0 Å². The van der Waals surface area contributed by atoms with Gasteiger partial charge in [-0.2, -0.15) is 0 Å². The quantitative estimate of drug-likeness (QED) is 0.788. The highest BCUT2D eigenvalue weighted by atomic mass is 19.1. The Morgan fingerprint density at radius 3 is 2.43 bits per heavy atom. The second kappa shape index (κ2) is 6.04. The molecule has 0 saturated heterocycles. The van der Waals surface area contributed by atoms with E-state index >= 15 is 0 Å². The number of ether oxygens (including phenoxy) is 1. The molecule has 0 fully saturated rings. The lowest BCUT2D eigenvalue weighted by Crippen LogP contribution is -2.25. The van der Waals surface area contributed by atoms with Gasteiger partial charge in [-0.1, -0.05) is 17.7 Å². The van der Waals surface area contributed by atoms with E-state index in [2.05, 4.69) is 0 Å². The topological polar surface area (TPSA) is 26.3 Å². The molecule has 0 aromatic heterocycles. The summed E-state index contributed by atoms with van der Waals surface area (Å²) in [5.74, 6) is -1.54. The van der Waals surface area contributed by atoms with Crippen molar-refractivity contribution in [3.63, 3.8) is 0 Å². The lowest BCUT2D eigenvalue weighted by Gasteiger charge is -2.16. The van der Waals surface area contributed by atoms with Crippen LogP contribution in [0.2, 0.25) is 0 Å². The van der Waals surface area contributed by atoms with E-state index in [1.54, 1.807) is 13.0 Å². The molecule has 2 aromatic rings. The van der Waals surface area contributed by atoms with E-state index in [-0.39, 0.29) is 5.56 Å². The summed E-state index contributed by atoms with van der Waals surface area (Å²) in [6, 6.07) is 8.46. The number of hydrogen-bond donors (Lipinski definition) is 0. The van der Waals surface area contributed by atoms with Gasteiger partial charge in [-0.3, -0.25) is 4.79 Å². The minimum atomic E-state index is -0.879. The maximum atomic E-state index is 13.6. The molecule has 4 heteroatoms. The fourth-order valence-electron chi connectivity index (χ4n) is 2.08. The molecule has 110 valence electrons. The fourth-order valence-corrected chi connectivity index (χ4v) is 2.08. The summed E-state index contributed by atoms with van der Waals surface area (Å²) < 4.78 is 32.1. The summed E-state index contributed by atoms with van der Waals surface area (Å²) in [6.45, 7) is 5.38. The highest BCUT2D eigenvalue weighted by Gasteiger charge is 2.21. The van der Waals surface area contributed by atoms with Gasteiger partial charge in [-0.25, -0.2) is 8.78 Å². The van der Waals surface area contributed by atoms with E-state index in [9.17, 15) is 13.6 Å². The van der Waals surface area contributed by atoms with Crippen LogP contribution in [0.15, 0.2) is 36.4 Å². The predicted molar refractivity (Wildman–Crippen MR) is 76.7 cm³/mol. The molecule has 0 saturated carbocycles. The number of carbonyl (C=O) groups excluding carboxylic acids is 1. The first-order valence-electron chi connectivity index (χ1n) is 6.61. The molecule has 0 bridgehead atoms. The third kappa shape index (κ3) is 3.45. The Hall–Kier alpha value is -2.23. The molecule has 2 nitrogen and oxygen atoms in total. The van der Waals surface area contributed by atoms with Gasteiger partial charge in [-0.15, -0.1) is 0 Å². The zero-order chi connectivity index (χ0) is 15.6. The highest BCUT2D eigenvalue weighted by Crippen LogP contribution is 2.21. The molecular weight excluding hydrogens is 274 g/mol. The molecule has 0 radical (unpaired) electrons. The summed E-state index contributed by atoms with van der Waals surface area (Å²) in [6.07, 6.45) is -0.855. The van der Waals surface area contributed by atoms with Crippen LogP contribution in [0.1, 0.15) is 28.4 Å². The average molecular weight is 290 g/mol. The number of halogens is 2. The SMILES string of the molecule is Cc1ccc(OC(C)C(=O)c2ccc(F)cc2F)c(C)c1. The van der Waals surface area contributed by atoms with E-state index in [0.29, 0.717) is 11.8 Å². The van der Waals surface area contributed by atoms with Crippen LogP contribution in [0, 0.1) is 25.5 Å². The van der Waals surface area contributed by atoms with Gasteiger partial charge in [0.15, 0.2) is 6.10 Å². The molecular formula is C17H16F2O2. The molecule has 0 N–H and O–H groups in total. The summed E-state index contributed by atoms with van der Waals surface area (Å²) >= 11 is 0. The summed E-state index contributed by atoms with van der Waals surface area (Å²) in [5, 5.41) is 0. The van der Waals surface area contributed by atoms with Crippen LogP contribution in [0.5, 0.6) is 5.75 Å². The van der Waals surface area contributed by atoms with Crippen molar-refractivity contribution in [2.75, 3.05) is 0 Å². The normalized spacial score (nSPS) is 12.0. The molecule has 0 aliphatic rings. The smallest absolute Gasteiger partial charge is 0.205 e. The van der Waals surface area contributed by atoms with Crippen molar-refractivity contribution in [1.29, 1.82) is 0 Å². The predicted octanol–water partition coefficient (Wildman–Crippen LogP) is 4.23. The monoisotopic (exact) mass is 290 g/mol. The highest BCUT2D eigenvalue weighted by molar-refractivity contribution is 5.99. The Morgan fingerprint density at radius 1 is 1.10 bits per heavy atom. The van der Waals surface area contributed by atoms with Crippen LogP contribution in [-0.4, -0.2) is 11.9 Å². The number of hydrogen-bond acceptors (Lipinski definition) is 2. The van der Waals surface area contributed by atoms with Gasteiger partial charge >= 0.3 is 0 Å². The molecule has 0 heterocycles. The fraction of sp³-hybridized carbons (Fsp3) is 0.235. The molecule has 2 aromatic carbocycles. The van der Waals surface area contributed by atoms with Gasteiger partial charge < -0.3 is 4.74 Å². The van der Waals surface area contributed by atoms with Crippen LogP contribution < -0.4 is 4.74 Å². The molecule has 1 unspecified atom stereocenters. The molecule has 1 atom stereocenters. The second-order valence-corrected chi connectivity index (χ2v) is 5.02. The standard InChI is InChI=1S/C17H16F2O2/c1-10-4-7-16(11(2)8-10)21-12(3)17(20)14-6-5-13(18)9-15(14)19/h4-9,12H,1-3H3. The van der Waals surface area contributed by atoms with Crippen molar-refractivity contribution in [3.05, 3.63) is 64.7 Å². The van der Waals surface area contributed by atoms with E-state index in [4.69, 9.17) is 4.74 Å². The number of Topliss-reactive ketones (excluding diaryl/α,β-unsaturated/α-hetero) is 1. The number of carbonyl (C=O) groups is 1. The van der Waals surface area contributed by atoms with Crippen molar-refractivity contribution < 1.29 is 18.3 Å².